The summed E-state index contributed by atoms with van der Waals surface area (Å²) in [6.45, 7) is 2.52. The number of hydrogen-bond donors (Lipinski definition) is 1. The third-order valence-electron chi connectivity index (χ3n) is 4.53. The van der Waals surface area contributed by atoms with Crippen molar-refractivity contribution in [1.29, 1.82) is 0 Å². The van der Waals surface area contributed by atoms with Gasteiger partial charge in [-0.25, -0.2) is 8.78 Å². The molecule has 3 aromatic carbocycles. The predicted octanol–water partition coefficient (Wildman–Crippen LogP) is 7.32. The van der Waals surface area contributed by atoms with E-state index in [9.17, 15) is 8.78 Å². The van der Waals surface area contributed by atoms with Gasteiger partial charge in [-0.2, -0.15) is 0 Å². The monoisotopic (exact) mass is 429 g/mol. The largest absolute Gasteiger partial charge is 0.494 e. The van der Waals surface area contributed by atoms with Gasteiger partial charge >= 0.3 is 0 Å². The molecule has 0 aliphatic carbocycles. The van der Waals surface area contributed by atoms with E-state index >= 15 is 0 Å². The second-order valence-corrected chi connectivity index (χ2v) is 8.11. The Bertz CT molecular complexity index is 1070. The van der Waals surface area contributed by atoms with E-state index in [2.05, 4.69) is 5.32 Å². The summed E-state index contributed by atoms with van der Waals surface area (Å²) in [5, 5.41) is 3.41. The first-order chi connectivity index (χ1) is 14.0. The zero-order chi connectivity index (χ0) is 20.4. The van der Waals surface area contributed by atoms with Crippen LogP contribution in [-0.2, 0) is 0 Å². The zero-order valence-electron chi connectivity index (χ0n) is 15.6. The standard InChI is InChI=1S/C23H18ClF2NOS/c1-2-28-17-8-10-20-23(12-17)29-22(14-3-6-16(25)7-4-14)13-21(27-20)15-5-9-19(26)18(24)11-15/h3-13,22,27H,2H2,1H3. The van der Waals surface area contributed by atoms with Gasteiger partial charge in [-0.1, -0.05) is 23.7 Å². The molecule has 148 valence electrons. The normalized spacial score (nSPS) is 15.7. The van der Waals surface area contributed by atoms with E-state index in [4.69, 9.17) is 16.3 Å². The summed E-state index contributed by atoms with van der Waals surface area (Å²) in [5.41, 5.74) is 3.44. The molecule has 1 aliphatic heterocycles. The van der Waals surface area contributed by atoms with Gasteiger partial charge in [0.05, 0.1) is 22.6 Å². The van der Waals surface area contributed by atoms with Crippen LogP contribution in [0.4, 0.5) is 14.5 Å². The highest BCUT2D eigenvalue weighted by molar-refractivity contribution is 7.99. The van der Waals surface area contributed by atoms with Crippen LogP contribution in [0.15, 0.2) is 71.6 Å². The number of thioether (sulfide) groups is 1. The van der Waals surface area contributed by atoms with Gasteiger partial charge in [-0.05, 0) is 72.7 Å². The highest BCUT2D eigenvalue weighted by Gasteiger charge is 2.21. The Morgan fingerprint density at radius 2 is 1.83 bits per heavy atom. The molecule has 0 aromatic heterocycles. The summed E-state index contributed by atoms with van der Waals surface area (Å²) in [7, 11) is 0. The number of rotatable bonds is 4. The van der Waals surface area contributed by atoms with Crippen molar-refractivity contribution in [3.05, 3.63) is 94.5 Å². The Morgan fingerprint density at radius 1 is 1.03 bits per heavy atom. The van der Waals surface area contributed by atoms with Crippen LogP contribution in [0.5, 0.6) is 5.75 Å². The van der Waals surface area contributed by atoms with Gasteiger partial charge in [0.1, 0.15) is 17.4 Å². The zero-order valence-corrected chi connectivity index (χ0v) is 17.2. The molecule has 2 nitrogen and oxygen atoms in total. The fraction of sp³-hybridized carbons (Fsp3) is 0.130. The van der Waals surface area contributed by atoms with Gasteiger partial charge in [0, 0.05) is 10.6 Å². The molecule has 0 amide bonds. The molecule has 0 saturated heterocycles. The summed E-state index contributed by atoms with van der Waals surface area (Å²) >= 11 is 7.64. The van der Waals surface area contributed by atoms with E-state index in [1.165, 1.54) is 18.2 Å². The average molecular weight is 430 g/mol. The van der Waals surface area contributed by atoms with Gasteiger partial charge in [0.15, 0.2) is 0 Å². The molecule has 1 atom stereocenters. The van der Waals surface area contributed by atoms with Crippen molar-refractivity contribution in [3.8, 4) is 5.75 Å². The van der Waals surface area contributed by atoms with Crippen LogP contribution in [0.1, 0.15) is 23.3 Å². The van der Waals surface area contributed by atoms with Crippen molar-refractivity contribution in [2.75, 3.05) is 11.9 Å². The van der Waals surface area contributed by atoms with Crippen LogP contribution in [0.2, 0.25) is 5.02 Å². The molecule has 3 aromatic rings. The fourth-order valence-electron chi connectivity index (χ4n) is 3.12. The first-order valence-corrected chi connectivity index (χ1v) is 10.4. The lowest BCUT2D eigenvalue weighted by molar-refractivity contribution is 0.339. The van der Waals surface area contributed by atoms with Gasteiger partial charge in [-0.15, -0.1) is 11.8 Å². The van der Waals surface area contributed by atoms with E-state index < -0.39 is 5.82 Å². The maximum atomic E-state index is 13.7. The molecular formula is C23H18ClF2NOS. The maximum Gasteiger partial charge on any atom is 0.141 e. The van der Waals surface area contributed by atoms with Gasteiger partial charge < -0.3 is 10.1 Å². The SMILES string of the molecule is CCOc1ccc2c(c1)SC(c1ccc(F)cc1)C=C(c1ccc(F)c(Cl)c1)N2. The first-order valence-electron chi connectivity index (χ1n) is 9.16. The van der Waals surface area contributed by atoms with Crippen LogP contribution in [0, 0.1) is 11.6 Å². The molecule has 1 heterocycles. The van der Waals surface area contributed by atoms with E-state index in [0.29, 0.717) is 6.61 Å². The van der Waals surface area contributed by atoms with Crippen molar-refractivity contribution in [2.24, 2.45) is 0 Å². The molecular weight excluding hydrogens is 412 g/mol. The van der Waals surface area contributed by atoms with Gasteiger partial charge in [0.2, 0.25) is 0 Å². The third-order valence-corrected chi connectivity index (χ3v) is 6.08. The quantitative estimate of drug-likeness (QED) is 0.469. The van der Waals surface area contributed by atoms with E-state index in [0.717, 1.165) is 33.2 Å². The number of nitrogens with one attached hydrogen (secondary N) is 1. The van der Waals surface area contributed by atoms with Crippen LogP contribution < -0.4 is 10.1 Å². The molecule has 0 spiro atoms. The van der Waals surface area contributed by atoms with Crippen LogP contribution in [0.3, 0.4) is 0 Å². The summed E-state index contributed by atoms with van der Waals surface area (Å²) in [4.78, 5) is 1.00. The van der Waals surface area contributed by atoms with Gasteiger partial charge in [-0.3, -0.25) is 0 Å². The number of hydrogen-bond acceptors (Lipinski definition) is 3. The van der Waals surface area contributed by atoms with Crippen LogP contribution >= 0.6 is 23.4 Å². The average Bonchev–Trinajstić information content (AvgIpc) is 2.90. The summed E-state index contributed by atoms with van der Waals surface area (Å²) in [6.07, 6.45) is 2.04. The first kappa shape index (κ1) is 19.8. The van der Waals surface area contributed by atoms with Crippen molar-refractivity contribution in [3.63, 3.8) is 0 Å². The number of benzene rings is 3. The number of anilines is 1. The molecule has 4 rings (SSSR count). The number of ether oxygens (including phenoxy) is 1. The molecule has 0 radical (unpaired) electrons. The van der Waals surface area contributed by atoms with Crippen LogP contribution in [-0.4, -0.2) is 6.61 Å². The highest BCUT2D eigenvalue weighted by atomic mass is 35.5. The summed E-state index contributed by atoms with van der Waals surface area (Å²) in [5.74, 6) is 0.0431. The minimum absolute atomic E-state index is 0.0624. The number of halogens is 3. The highest BCUT2D eigenvalue weighted by Crippen LogP contribution is 2.46. The molecule has 1 aliphatic rings. The van der Waals surface area contributed by atoms with Crippen molar-refractivity contribution in [1.82, 2.24) is 0 Å². The molecule has 0 bridgehead atoms. The van der Waals surface area contributed by atoms with Crippen molar-refractivity contribution < 1.29 is 13.5 Å². The maximum absolute atomic E-state index is 13.7. The van der Waals surface area contributed by atoms with Crippen LogP contribution in [0.25, 0.3) is 5.70 Å². The Balaban J connectivity index is 1.80. The molecule has 1 unspecified atom stereocenters. The van der Waals surface area contributed by atoms with E-state index in [-0.39, 0.29) is 16.1 Å². The van der Waals surface area contributed by atoms with Crippen molar-refractivity contribution in [2.45, 2.75) is 17.1 Å². The predicted molar refractivity (Wildman–Crippen MR) is 116 cm³/mol. The summed E-state index contributed by atoms with van der Waals surface area (Å²) < 4.78 is 32.7. The lowest BCUT2D eigenvalue weighted by atomic mass is 10.1. The Labute approximate surface area is 177 Å². The number of fused-ring (bicyclic) bond motifs is 1. The van der Waals surface area contributed by atoms with Gasteiger partial charge in [0.25, 0.3) is 0 Å². The lowest BCUT2D eigenvalue weighted by Gasteiger charge is -2.14. The molecule has 0 fully saturated rings. The second kappa shape index (κ2) is 8.47. The molecule has 29 heavy (non-hydrogen) atoms. The minimum Gasteiger partial charge on any atom is -0.494 e. The Hall–Kier alpha value is -2.50. The lowest BCUT2D eigenvalue weighted by Crippen LogP contribution is -2.00. The topological polar surface area (TPSA) is 21.3 Å². The fourth-order valence-corrected chi connectivity index (χ4v) is 4.50. The second-order valence-electron chi connectivity index (χ2n) is 6.52. The Morgan fingerprint density at radius 3 is 2.55 bits per heavy atom. The minimum atomic E-state index is -0.462. The summed E-state index contributed by atoms with van der Waals surface area (Å²) in [6, 6.07) is 16.9. The van der Waals surface area contributed by atoms with Crippen molar-refractivity contribution >= 4 is 34.7 Å². The van der Waals surface area contributed by atoms with E-state index in [1.807, 2.05) is 31.2 Å². The smallest absolute Gasteiger partial charge is 0.141 e. The third kappa shape index (κ3) is 4.41. The Kier molecular flexibility index (Phi) is 5.79. The van der Waals surface area contributed by atoms with E-state index in [1.54, 1.807) is 36.0 Å². The molecule has 6 heteroatoms. The molecule has 0 saturated carbocycles. The molecule has 1 N–H and O–H groups in total.